The highest BCUT2D eigenvalue weighted by molar-refractivity contribution is 7.98. The summed E-state index contributed by atoms with van der Waals surface area (Å²) in [6, 6.07) is 8.04. The van der Waals surface area contributed by atoms with Gasteiger partial charge in [0.2, 0.25) is 11.8 Å². The number of furan rings is 1. The van der Waals surface area contributed by atoms with Gasteiger partial charge in [0.1, 0.15) is 0 Å². The normalized spacial score (nSPS) is 12.9. The second kappa shape index (κ2) is 8.94. The van der Waals surface area contributed by atoms with Crippen LogP contribution in [0.1, 0.15) is 38.9 Å². The van der Waals surface area contributed by atoms with E-state index in [0.29, 0.717) is 39.7 Å². The number of hydrogen-bond donors (Lipinski definition) is 1. The molecular formula is C21H16N6O6S. The first-order valence-electron chi connectivity index (χ1n) is 10.1. The molecular weight excluding hydrogens is 464 g/mol. The van der Waals surface area contributed by atoms with Gasteiger partial charge in [-0.15, -0.1) is 10.2 Å². The van der Waals surface area contributed by atoms with E-state index >= 15 is 0 Å². The van der Waals surface area contributed by atoms with Gasteiger partial charge >= 0.3 is 0 Å². The number of nitrogens with zero attached hydrogens (tertiary/aromatic N) is 5. The predicted molar refractivity (Wildman–Crippen MR) is 116 cm³/mol. The second-order valence-electron chi connectivity index (χ2n) is 7.22. The maximum atomic E-state index is 12.3. The second-order valence-corrected chi connectivity index (χ2v) is 8.15. The first-order valence-corrected chi connectivity index (χ1v) is 11.0. The van der Waals surface area contributed by atoms with E-state index in [1.807, 2.05) is 0 Å². The summed E-state index contributed by atoms with van der Waals surface area (Å²) in [7, 11) is 1.42. The van der Waals surface area contributed by atoms with E-state index < -0.39 is 5.91 Å². The number of amides is 3. The fourth-order valence-electron chi connectivity index (χ4n) is 3.23. The molecule has 1 aliphatic heterocycles. The van der Waals surface area contributed by atoms with Crippen molar-refractivity contribution < 1.29 is 27.7 Å². The van der Waals surface area contributed by atoms with Crippen LogP contribution in [0.25, 0.3) is 11.7 Å². The molecule has 1 aliphatic rings. The Morgan fingerprint density at radius 3 is 2.82 bits per heavy atom. The third-order valence-corrected chi connectivity index (χ3v) is 5.73. The molecule has 0 saturated heterocycles. The van der Waals surface area contributed by atoms with E-state index in [1.54, 1.807) is 18.2 Å². The third kappa shape index (κ3) is 4.32. The molecule has 1 aromatic carbocycles. The average molecular weight is 480 g/mol. The molecule has 0 aliphatic carbocycles. The van der Waals surface area contributed by atoms with Gasteiger partial charge in [0, 0.05) is 25.6 Å². The first kappa shape index (κ1) is 21.6. The van der Waals surface area contributed by atoms with Crippen LogP contribution in [0, 0.1) is 0 Å². The number of benzene rings is 1. The van der Waals surface area contributed by atoms with Crippen molar-refractivity contribution in [2.75, 3.05) is 12.4 Å². The van der Waals surface area contributed by atoms with Crippen LogP contribution in [0.2, 0.25) is 0 Å². The Kier molecular flexibility index (Phi) is 5.67. The molecule has 3 amide bonds. The van der Waals surface area contributed by atoms with Crippen LogP contribution in [-0.2, 0) is 17.0 Å². The van der Waals surface area contributed by atoms with Crippen molar-refractivity contribution >= 4 is 35.2 Å². The Hall–Kier alpha value is -4.26. The summed E-state index contributed by atoms with van der Waals surface area (Å²) in [5.74, 6) is 0.769. The number of carbonyl (C=O) groups is 3. The zero-order valence-corrected chi connectivity index (χ0v) is 18.5. The van der Waals surface area contributed by atoms with Crippen molar-refractivity contribution in [1.29, 1.82) is 0 Å². The van der Waals surface area contributed by atoms with Crippen molar-refractivity contribution in [3.05, 3.63) is 59.4 Å². The summed E-state index contributed by atoms with van der Waals surface area (Å²) in [4.78, 5) is 41.7. The molecule has 0 fully saturated rings. The number of thioether (sulfide) groups is 1. The summed E-state index contributed by atoms with van der Waals surface area (Å²) in [5, 5.41) is 14.8. The quantitative estimate of drug-likeness (QED) is 0.292. The molecule has 3 aromatic heterocycles. The van der Waals surface area contributed by atoms with Crippen molar-refractivity contribution in [3.8, 4) is 11.7 Å². The van der Waals surface area contributed by atoms with E-state index in [4.69, 9.17) is 13.4 Å². The molecule has 0 radical (unpaired) electrons. The first-order chi connectivity index (χ1) is 16.5. The number of carbonyl (C=O) groups excluding carboxylic acids is 3. The van der Waals surface area contributed by atoms with Gasteiger partial charge in [0.05, 0.1) is 23.1 Å². The number of aryl methyl sites for hydroxylation is 1. The van der Waals surface area contributed by atoms with Crippen LogP contribution in [0.15, 0.2) is 55.2 Å². The predicted octanol–water partition coefficient (Wildman–Crippen LogP) is 2.80. The van der Waals surface area contributed by atoms with E-state index in [-0.39, 0.29) is 36.1 Å². The summed E-state index contributed by atoms with van der Waals surface area (Å²) in [5.41, 5.74) is 1.01. The summed E-state index contributed by atoms with van der Waals surface area (Å²) >= 11 is 1.24. The lowest BCUT2D eigenvalue weighted by molar-refractivity contribution is -0.116. The molecule has 1 N–H and O–H groups in total. The number of hydrogen-bond acceptors (Lipinski definition) is 11. The molecule has 13 heteroatoms. The SMILES string of the molecule is CN1C(=O)c2ccc(NC(=O)CCc3nc(CSc4nnc(-c5ccco5)o4)no3)cc2C1=O. The van der Waals surface area contributed by atoms with E-state index in [1.165, 1.54) is 37.2 Å². The maximum absolute atomic E-state index is 12.3. The number of nitrogens with one attached hydrogen (secondary N) is 1. The van der Waals surface area contributed by atoms with E-state index in [0.717, 1.165) is 4.90 Å². The van der Waals surface area contributed by atoms with Gasteiger partial charge < -0.3 is 18.7 Å². The van der Waals surface area contributed by atoms with Crippen LogP contribution in [0.3, 0.4) is 0 Å². The summed E-state index contributed by atoms with van der Waals surface area (Å²) in [6.45, 7) is 0. The van der Waals surface area contributed by atoms with Gasteiger partial charge in [-0.05, 0) is 30.3 Å². The zero-order valence-electron chi connectivity index (χ0n) is 17.7. The van der Waals surface area contributed by atoms with Crippen molar-refractivity contribution in [2.45, 2.75) is 23.8 Å². The standard InChI is InChI=1S/C21H16N6O6S/c1-27-19(29)12-5-4-11(9-13(12)20(27)30)22-16(28)6-7-17-23-15(26-33-17)10-34-21-25-24-18(32-21)14-3-2-8-31-14/h2-5,8-9H,6-7,10H2,1H3,(H,22,28). The molecule has 0 spiro atoms. The van der Waals surface area contributed by atoms with Gasteiger partial charge in [-0.1, -0.05) is 16.9 Å². The molecule has 0 unspecified atom stereocenters. The molecule has 0 bridgehead atoms. The van der Waals surface area contributed by atoms with Crippen LogP contribution in [0.5, 0.6) is 0 Å². The lowest BCUT2D eigenvalue weighted by Gasteiger charge is -2.05. The fraction of sp³-hybridized carbons (Fsp3) is 0.190. The molecule has 4 aromatic rings. The topological polar surface area (TPSA) is 157 Å². The Bertz CT molecular complexity index is 1380. The summed E-state index contributed by atoms with van der Waals surface area (Å²) < 4.78 is 15.9. The minimum Gasteiger partial charge on any atom is -0.459 e. The lowest BCUT2D eigenvalue weighted by Crippen LogP contribution is -2.24. The molecule has 0 saturated carbocycles. The average Bonchev–Trinajstić information content (AvgIpc) is 3.63. The largest absolute Gasteiger partial charge is 0.459 e. The highest BCUT2D eigenvalue weighted by Crippen LogP contribution is 2.26. The lowest BCUT2D eigenvalue weighted by atomic mass is 10.1. The maximum Gasteiger partial charge on any atom is 0.284 e. The monoisotopic (exact) mass is 480 g/mol. The van der Waals surface area contributed by atoms with Crippen LogP contribution in [-0.4, -0.2) is 50.0 Å². The van der Waals surface area contributed by atoms with Crippen LogP contribution >= 0.6 is 11.8 Å². The van der Waals surface area contributed by atoms with E-state index in [2.05, 4.69) is 25.7 Å². The zero-order chi connectivity index (χ0) is 23.7. The van der Waals surface area contributed by atoms with Crippen molar-refractivity contribution in [3.63, 3.8) is 0 Å². The van der Waals surface area contributed by atoms with Gasteiger partial charge in [0.15, 0.2) is 11.6 Å². The Morgan fingerprint density at radius 2 is 2.00 bits per heavy atom. The van der Waals surface area contributed by atoms with Crippen molar-refractivity contribution in [1.82, 2.24) is 25.2 Å². The molecule has 4 heterocycles. The molecule has 172 valence electrons. The van der Waals surface area contributed by atoms with Crippen LogP contribution < -0.4 is 5.32 Å². The van der Waals surface area contributed by atoms with E-state index in [9.17, 15) is 14.4 Å². The number of aromatic nitrogens is 4. The minimum atomic E-state index is -0.398. The summed E-state index contributed by atoms with van der Waals surface area (Å²) in [6.07, 6.45) is 1.84. The Morgan fingerprint density at radius 1 is 1.15 bits per heavy atom. The van der Waals surface area contributed by atoms with Crippen LogP contribution in [0.4, 0.5) is 5.69 Å². The number of anilines is 1. The van der Waals surface area contributed by atoms with Gasteiger partial charge in [-0.25, -0.2) is 0 Å². The number of fused-ring (bicyclic) bond motifs is 1. The van der Waals surface area contributed by atoms with Gasteiger partial charge in [-0.3, -0.25) is 19.3 Å². The Labute approximate surface area is 195 Å². The highest BCUT2D eigenvalue weighted by Gasteiger charge is 2.32. The fourth-order valence-corrected chi connectivity index (χ4v) is 3.83. The molecule has 0 atom stereocenters. The Balaban J connectivity index is 1.11. The number of rotatable bonds is 8. The van der Waals surface area contributed by atoms with Crippen molar-refractivity contribution in [2.24, 2.45) is 0 Å². The van der Waals surface area contributed by atoms with Gasteiger partial charge in [0.25, 0.3) is 22.9 Å². The minimum absolute atomic E-state index is 0.0921. The van der Waals surface area contributed by atoms with Gasteiger partial charge in [-0.2, -0.15) is 4.98 Å². The molecule has 12 nitrogen and oxygen atoms in total. The molecule has 34 heavy (non-hydrogen) atoms. The third-order valence-electron chi connectivity index (χ3n) is 4.91. The highest BCUT2D eigenvalue weighted by atomic mass is 32.2. The number of imide groups is 1. The smallest absolute Gasteiger partial charge is 0.284 e. The molecule has 5 rings (SSSR count).